The van der Waals surface area contributed by atoms with Crippen molar-refractivity contribution in [2.75, 3.05) is 19.4 Å². The minimum absolute atomic E-state index is 0.00291. The van der Waals surface area contributed by atoms with E-state index in [2.05, 4.69) is 20.4 Å². The second kappa shape index (κ2) is 9.82. The van der Waals surface area contributed by atoms with Gasteiger partial charge in [-0.1, -0.05) is 6.92 Å². The predicted molar refractivity (Wildman–Crippen MR) is 123 cm³/mol. The molecule has 0 saturated carbocycles. The van der Waals surface area contributed by atoms with Crippen molar-refractivity contribution >= 4 is 20.7 Å². The molecule has 0 radical (unpaired) electrons. The van der Waals surface area contributed by atoms with Crippen LogP contribution < -0.4 is 5.32 Å². The van der Waals surface area contributed by atoms with E-state index in [4.69, 9.17) is 4.74 Å². The van der Waals surface area contributed by atoms with E-state index in [1.807, 2.05) is 6.92 Å². The number of fused-ring (bicyclic) bond motifs is 1. The second-order valence-electron chi connectivity index (χ2n) is 7.79. The van der Waals surface area contributed by atoms with Crippen LogP contribution in [-0.4, -0.2) is 47.6 Å². The first-order valence-corrected chi connectivity index (χ1v) is 12.5. The smallest absolute Gasteiger partial charge is 0.177 e. The first-order valence-electron chi connectivity index (χ1n) is 10.6. The SMILES string of the molecule is CC[C@H](NCCOCc1cncc2c1cnn2-c1ccc(F)cc1)c1cc(S(C)(=O)=O)c[nH]1. The van der Waals surface area contributed by atoms with Crippen LogP contribution in [0.25, 0.3) is 16.6 Å². The Hall–Kier alpha value is -3.08. The number of sulfone groups is 1. The summed E-state index contributed by atoms with van der Waals surface area (Å²) in [5.41, 5.74) is 3.32. The molecule has 0 spiro atoms. The molecule has 0 aliphatic carbocycles. The molecule has 33 heavy (non-hydrogen) atoms. The number of hydrogen-bond acceptors (Lipinski definition) is 6. The first-order chi connectivity index (χ1) is 15.9. The van der Waals surface area contributed by atoms with Gasteiger partial charge in [-0.25, -0.2) is 17.5 Å². The molecule has 0 fully saturated rings. The lowest BCUT2D eigenvalue weighted by atomic mass is 10.1. The summed E-state index contributed by atoms with van der Waals surface area (Å²) in [4.78, 5) is 7.64. The van der Waals surface area contributed by atoms with Crippen LogP contribution in [-0.2, 0) is 21.2 Å². The molecule has 4 aromatic rings. The number of benzene rings is 1. The van der Waals surface area contributed by atoms with Crippen molar-refractivity contribution in [3.05, 3.63) is 72.2 Å². The summed E-state index contributed by atoms with van der Waals surface area (Å²) in [6.07, 6.45) is 8.76. The fourth-order valence-electron chi connectivity index (χ4n) is 3.67. The molecule has 2 N–H and O–H groups in total. The van der Waals surface area contributed by atoms with Crippen LogP contribution in [0.4, 0.5) is 4.39 Å². The fourth-order valence-corrected chi connectivity index (χ4v) is 4.28. The Bertz CT molecular complexity index is 1330. The van der Waals surface area contributed by atoms with Crippen LogP contribution in [0.2, 0.25) is 0 Å². The van der Waals surface area contributed by atoms with Gasteiger partial charge in [0.25, 0.3) is 0 Å². The summed E-state index contributed by atoms with van der Waals surface area (Å²) in [7, 11) is -3.23. The molecule has 0 saturated heterocycles. The van der Waals surface area contributed by atoms with Crippen LogP contribution in [0.15, 0.2) is 60.0 Å². The van der Waals surface area contributed by atoms with E-state index in [1.54, 1.807) is 41.5 Å². The monoisotopic (exact) mass is 471 g/mol. The Morgan fingerprint density at radius 1 is 1.21 bits per heavy atom. The van der Waals surface area contributed by atoms with E-state index < -0.39 is 9.84 Å². The summed E-state index contributed by atoms with van der Waals surface area (Å²) in [5.74, 6) is -0.298. The summed E-state index contributed by atoms with van der Waals surface area (Å²) in [5, 5.41) is 8.74. The number of aromatic nitrogens is 4. The summed E-state index contributed by atoms with van der Waals surface area (Å²) in [6, 6.07) is 7.81. The van der Waals surface area contributed by atoms with E-state index >= 15 is 0 Å². The van der Waals surface area contributed by atoms with Gasteiger partial charge < -0.3 is 15.0 Å². The third kappa shape index (κ3) is 5.29. The minimum Gasteiger partial charge on any atom is -0.375 e. The Kier molecular flexibility index (Phi) is 6.87. The van der Waals surface area contributed by atoms with E-state index in [0.717, 1.165) is 34.3 Å². The molecule has 0 amide bonds. The zero-order valence-electron chi connectivity index (χ0n) is 18.5. The number of pyridine rings is 1. The second-order valence-corrected chi connectivity index (χ2v) is 9.81. The molecule has 3 heterocycles. The number of nitrogens with one attached hydrogen (secondary N) is 2. The molecule has 0 aliphatic rings. The van der Waals surface area contributed by atoms with Gasteiger partial charge in [0, 0.05) is 47.9 Å². The number of H-pyrrole nitrogens is 1. The van der Waals surface area contributed by atoms with E-state index in [0.29, 0.717) is 19.8 Å². The molecule has 1 atom stereocenters. The number of hydrogen-bond donors (Lipinski definition) is 2. The van der Waals surface area contributed by atoms with Crippen LogP contribution >= 0.6 is 0 Å². The topological polar surface area (TPSA) is 102 Å². The maximum absolute atomic E-state index is 13.2. The Morgan fingerprint density at radius 3 is 2.70 bits per heavy atom. The summed E-state index contributed by atoms with van der Waals surface area (Å²) < 4.78 is 44.2. The zero-order valence-corrected chi connectivity index (χ0v) is 19.3. The third-order valence-electron chi connectivity index (χ3n) is 5.44. The standard InChI is InChI=1S/C23H26FN5O3S/c1-3-21(22-10-19(12-27-22)33(2,30)31)26-8-9-32-15-16-11-25-14-23-20(16)13-28-29(23)18-6-4-17(24)5-7-18/h4-7,10-14,21,26-27H,3,8-9,15H2,1-2H3/t21-/m0/s1. The van der Waals surface area contributed by atoms with Gasteiger partial charge in [-0.05, 0) is 36.8 Å². The lowest BCUT2D eigenvalue weighted by Gasteiger charge is -2.15. The van der Waals surface area contributed by atoms with Gasteiger partial charge in [-0.2, -0.15) is 5.10 Å². The van der Waals surface area contributed by atoms with Gasteiger partial charge in [0.05, 0.1) is 41.7 Å². The van der Waals surface area contributed by atoms with Gasteiger partial charge in [0.1, 0.15) is 5.82 Å². The van der Waals surface area contributed by atoms with Crippen molar-refractivity contribution in [2.45, 2.75) is 30.9 Å². The largest absolute Gasteiger partial charge is 0.375 e. The lowest BCUT2D eigenvalue weighted by molar-refractivity contribution is 0.121. The number of nitrogens with zero attached hydrogens (tertiary/aromatic N) is 3. The highest BCUT2D eigenvalue weighted by Gasteiger charge is 2.15. The molecule has 0 unspecified atom stereocenters. The first kappa shape index (κ1) is 23.1. The molecule has 174 valence electrons. The molecular formula is C23H26FN5O3S. The zero-order chi connectivity index (χ0) is 23.4. The molecule has 0 bridgehead atoms. The van der Waals surface area contributed by atoms with Gasteiger partial charge in [-0.15, -0.1) is 0 Å². The Morgan fingerprint density at radius 2 is 2.00 bits per heavy atom. The van der Waals surface area contributed by atoms with Crippen molar-refractivity contribution in [2.24, 2.45) is 0 Å². The highest BCUT2D eigenvalue weighted by molar-refractivity contribution is 7.90. The summed E-state index contributed by atoms with van der Waals surface area (Å²) >= 11 is 0. The maximum atomic E-state index is 13.2. The number of ether oxygens (including phenoxy) is 1. The van der Waals surface area contributed by atoms with Gasteiger partial charge in [0.15, 0.2) is 9.84 Å². The molecule has 0 aliphatic heterocycles. The predicted octanol–water partition coefficient (Wildman–Crippen LogP) is 3.55. The van der Waals surface area contributed by atoms with E-state index in [9.17, 15) is 12.8 Å². The average Bonchev–Trinajstić information content (AvgIpc) is 3.45. The molecule has 1 aromatic carbocycles. The van der Waals surface area contributed by atoms with Crippen molar-refractivity contribution in [1.82, 2.24) is 25.1 Å². The van der Waals surface area contributed by atoms with Gasteiger partial charge in [0.2, 0.25) is 0 Å². The Labute approximate surface area is 191 Å². The molecule has 8 nitrogen and oxygen atoms in total. The van der Waals surface area contributed by atoms with Crippen molar-refractivity contribution in [1.29, 1.82) is 0 Å². The van der Waals surface area contributed by atoms with Gasteiger partial charge in [-0.3, -0.25) is 4.98 Å². The number of aromatic amines is 1. The van der Waals surface area contributed by atoms with Crippen LogP contribution in [0.5, 0.6) is 0 Å². The molecule has 3 aromatic heterocycles. The average molecular weight is 472 g/mol. The number of rotatable bonds is 10. The Balaban J connectivity index is 1.34. The fraction of sp³-hybridized carbons (Fsp3) is 0.304. The van der Waals surface area contributed by atoms with Crippen LogP contribution in [0, 0.1) is 5.82 Å². The molecular weight excluding hydrogens is 445 g/mol. The molecule has 4 rings (SSSR count). The van der Waals surface area contributed by atoms with Crippen LogP contribution in [0.1, 0.15) is 30.6 Å². The maximum Gasteiger partial charge on any atom is 0.177 e. The van der Waals surface area contributed by atoms with E-state index in [-0.39, 0.29) is 16.8 Å². The van der Waals surface area contributed by atoms with E-state index in [1.165, 1.54) is 24.6 Å². The molecule has 10 heteroatoms. The summed E-state index contributed by atoms with van der Waals surface area (Å²) in [6.45, 7) is 3.48. The lowest BCUT2D eigenvalue weighted by Crippen LogP contribution is -2.25. The van der Waals surface area contributed by atoms with Crippen molar-refractivity contribution < 1.29 is 17.5 Å². The van der Waals surface area contributed by atoms with Gasteiger partial charge >= 0.3 is 0 Å². The highest BCUT2D eigenvalue weighted by atomic mass is 32.2. The quantitative estimate of drug-likeness (QED) is 0.343. The van der Waals surface area contributed by atoms with Crippen LogP contribution in [0.3, 0.4) is 0 Å². The normalized spacial score (nSPS) is 12.9. The minimum atomic E-state index is -3.23. The third-order valence-corrected chi connectivity index (χ3v) is 6.53. The number of halogens is 1. The highest BCUT2D eigenvalue weighted by Crippen LogP contribution is 2.22. The van der Waals surface area contributed by atoms with Crippen molar-refractivity contribution in [3.63, 3.8) is 0 Å². The van der Waals surface area contributed by atoms with Crippen molar-refractivity contribution in [3.8, 4) is 5.69 Å².